The van der Waals surface area contributed by atoms with Gasteiger partial charge in [0.05, 0.1) is 40.7 Å². The average molecular weight is 887 g/mol. The number of alkyl halides is 5. The molecule has 3 aliphatic rings. The number of halogens is 7. The number of fused-ring (bicyclic) bond motifs is 5. The number of hydrogen-bond donors (Lipinski definition) is 3. The summed E-state index contributed by atoms with van der Waals surface area (Å²) in [5.41, 5.74) is 5.53. The van der Waals surface area contributed by atoms with Gasteiger partial charge in [0.25, 0.3) is 0 Å². The summed E-state index contributed by atoms with van der Waals surface area (Å²) < 4.78 is 133. The number of thiazole rings is 1. The summed E-state index contributed by atoms with van der Waals surface area (Å²) in [6, 6.07) is 9.03. The van der Waals surface area contributed by atoms with Crippen molar-refractivity contribution in [1.29, 1.82) is 0 Å². The molecule has 0 bridgehead atoms. The van der Waals surface area contributed by atoms with Crippen LogP contribution in [0.5, 0.6) is 0 Å². The van der Waals surface area contributed by atoms with E-state index < -0.39 is 75.1 Å². The van der Waals surface area contributed by atoms with E-state index in [1.807, 2.05) is 13.0 Å². The Balaban J connectivity index is 1.17. The molecule has 0 spiro atoms. The van der Waals surface area contributed by atoms with E-state index in [1.165, 1.54) is 16.0 Å². The summed E-state index contributed by atoms with van der Waals surface area (Å²) in [6.07, 6.45) is -2.70. The van der Waals surface area contributed by atoms with Crippen LogP contribution in [-0.4, -0.2) is 69.4 Å². The summed E-state index contributed by atoms with van der Waals surface area (Å²) >= 11 is 1.39. The Bertz CT molecular complexity index is 2900. The number of nitrogens with one attached hydrogen (secondary N) is 2. The number of aryl methyl sites for hydroxylation is 1. The fourth-order valence-corrected chi connectivity index (χ4v) is 10.0. The predicted molar refractivity (Wildman–Crippen MR) is 216 cm³/mol. The maximum atomic E-state index is 15.6. The van der Waals surface area contributed by atoms with Crippen molar-refractivity contribution >= 4 is 53.6 Å². The smallest absolute Gasteiger partial charge is 0.348 e. The molecule has 4 N–H and O–H groups in total. The maximum Gasteiger partial charge on any atom is 0.435 e. The number of hydrogen-bond acceptors (Lipinski definition) is 10. The molecule has 1 unspecified atom stereocenters. The summed E-state index contributed by atoms with van der Waals surface area (Å²) in [5, 5.41) is 12.4. The van der Waals surface area contributed by atoms with Crippen LogP contribution in [0.25, 0.3) is 32.4 Å². The lowest BCUT2D eigenvalue weighted by Crippen LogP contribution is -2.48. The van der Waals surface area contributed by atoms with Gasteiger partial charge in [0.15, 0.2) is 22.3 Å². The lowest BCUT2D eigenvalue weighted by Gasteiger charge is -2.36. The first kappa shape index (κ1) is 41.1. The Hall–Kier alpha value is -5.30. The first-order valence-corrected chi connectivity index (χ1v) is 21.9. The van der Waals surface area contributed by atoms with Crippen LogP contribution in [0.4, 0.5) is 41.7 Å². The molecule has 0 amide bonds. The number of para-hydroxylation sites is 1. The number of anilines is 2. The van der Waals surface area contributed by atoms with E-state index >= 15 is 8.78 Å². The third kappa shape index (κ3) is 7.46. The number of benzene rings is 2. The molecule has 12 nitrogen and oxygen atoms in total. The molecule has 9 rings (SSSR count). The molecule has 1 fully saturated rings. The largest absolute Gasteiger partial charge is 0.435 e. The van der Waals surface area contributed by atoms with Crippen LogP contribution in [0.3, 0.4) is 0 Å². The molecular formula is C40H37F7N10O2S2. The lowest BCUT2D eigenvalue weighted by atomic mass is 9.84. The van der Waals surface area contributed by atoms with Crippen molar-refractivity contribution in [2.75, 3.05) is 35.5 Å². The van der Waals surface area contributed by atoms with Crippen LogP contribution in [0, 0.1) is 29.4 Å². The first-order valence-electron chi connectivity index (χ1n) is 19.2. The van der Waals surface area contributed by atoms with Crippen LogP contribution >= 0.6 is 11.3 Å². The minimum absolute atomic E-state index is 0.0695. The van der Waals surface area contributed by atoms with Crippen LogP contribution < -0.4 is 20.7 Å². The molecule has 61 heavy (non-hydrogen) atoms. The van der Waals surface area contributed by atoms with E-state index in [2.05, 4.69) is 37.0 Å². The lowest BCUT2D eigenvalue weighted by molar-refractivity contribution is -0.142. The minimum Gasteiger partial charge on any atom is -0.348 e. The van der Waals surface area contributed by atoms with Crippen LogP contribution in [-0.2, 0) is 42.1 Å². The van der Waals surface area contributed by atoms with Gasteiger partial charge >= 0.3 is 12.1 Å². The number of nitrogens with two attached hydrogens (primary N) is 1. The van der Waals surface area contributed by atoms with Gasteiger partial charge in [0, 0.05) is 60.4 Å². The van der Waals surface area contributed by atoms with Gasteiger partial charge in [-0.3, -0.25) is 14.1 Å². The topological polar surface area (TPSA) is 149 Å². The number of piperidine rings is 1. The molecule has 0 saturated carbocycles. The van der Waals surface area contributed by atoms with Gasteiger partial charge in [-0.2, -0.15) is 37.1 Å². The third-order valence-electron chi connectivity index (χ3n) is 11.4. The van der Waals surface area contributed by atoms with Crippen molar-refractivity contribution < 1.29 is 39.2 Å². The second kappa shape index (κ2) is 14.4. The maximum absolute atomic E-state index is 15.6. The molecule has 2 aromatic carbocycles. The molecule has 3 atom stereocenters. The van der Waals surface area contributed by atoms with E-state index in [0.717, 1.165) is 31.2 Å². The zero-order chi connectivity index (χ0) is 43.4. The number of pyridine rings is 1. The fraction of sp³-hybridized carbons (Fsp3) is 0.400. The molecule has 4 aromatic heterocycles. The molecule has 1 aliphatic heterocycles. The second-order valence-electron chi connectivity index (χ2n) is 16.1. The van der Waals surface area contributed by atoms with Crippen molar-refractivity contribution in [3.63, 3.8) is 0 Å². The van der Waals surface area contributed by atoms with Gasteiger partial charge in [0.2, 0.25) is 10.0 Å². The SMILES string of the molecule is Cn1nc(NS(C)(=O)=O)c2cccc(-c3cc4sc(N5CCC(C)(N)CC5)nc4nc3C(Cc3cc(F)cc(F)c3)NCCn3nc(C(F)(F)F)c4c3C(F)(F)[C@@H]3C#C[C@H]43)c21. The highest BCUT2D eigenvalue weighted by Gasteiger charge is 2.62. The van der Waals surface area contributed by atoms with E-state index in [0.29, 0.717) is 67.0 Å². The average Bonchev–Trinajstić information content (AvgIpc) is 3.85. The highest BCUT2D eigenvalue weighted by atomic mass is 32.2. The number of nitrogens with zero attached hydrogens (tertiary/aromatic N) is 7. The van der Waals surface area contributed by atoms with Gasteiger partial charge in [-0.1, -0.05) is 35.3 Å². The molecule has 2 aliphatic carbocycles. The number of rotatable bonds is 11. The normalized spacial score (nSPS) is 19.7. The highest BCUT2D eigenvalue weighted by Crippen LogP contribution is 2.58. The Kier molecular flexibility index (Phi) is 9.69. The molecule has 320 valence electrons. The van der Waals surface area contributed by atoms with Crippen molar-refractivity contribution in [3.05, 3.63) is 82.3 Å². The molecule has 0 radical (unpaired) electrons. The Morgan fingerprint density at radius 2 is 1.75 bits per heavy atom. The molecule has 21 heteroatoms. The van der Waals surface area contributed by atoms with Crippen molar-refractivity contribution in [2.45, 2.75) is 62.3 Å². The first-order chi connectivity index (χ1) is 28.7. The molecule has 6 aromatic rings. The van der Waals surface area contributed by atoms with E-state index in [1.54, 1.807) is 25.2 Å². The van der Waals surface area contributed by atoms with Crippen molar-refractivity contribution in [2.24, 2.45) is 18.7 Å². The van der Waals surface area contributed by atoms with Gasteiger partial charge in [-0.25, -0.2) is 22.2 Å². The zero-order valence-corrected chi connectivity index (χ0v) is 34.3. The summed E-state index contributed by atoms with van der Waals surface area (Å²) in [5.74, 6) is -3.46. The van der Waals surface area contributed by atoms with Gasteiger partial charge in [-0.05, 0) is 56.0 Å². The summed E-state index contributed by atoms with van der Waals surface area (Å²) in [6.45, 7) is 2.59. The van der Waals surface area contributed by atoms with E-state index in [4.69, 9.17) is 15.7 Å². The monoisotopic (exact) mass is 886 g/mol. The quantitative estimate of drug-likeness (QED) is 0.0942. The van der Waals surface area contributed by atoms with E-state index in [-0.39, 0.29) is 29.9 Å². The van der Waals surface area contributed by atoms with Crippen LogP contribution in [0.2, 0.25) is 0 Å². The highest BCUT2D eigenvalue weighted by molar-refractivity contribution is 7.92. The summed E-state index contributed by atoms with van der Waals surface area (Å²) in [7, 11) is -2.11. The molecule has 1 saturated heterocycles. The predicted octanol–water partition coefficient (Wildman–Crippen LogP) is 6.82. The van der Waals surface area contributed by atoms with Crippen molar-refractivity contribution in [1.82, 2.24) is 34.8 Å². The Labute approximate surface area is 348 Å². The summed E-state index contributed by atoms with van der Waals surface area (Å²) in [4.78, 5) is 12.1. The van der Waals surface area contributed by atoms with Gasteiger partial charge < -0.3 is 16.0 Å². The number of sulfonamides is 1. The molecular weight excluding hydrogens is 850 g/mol. The van der Waals surface area contributed by atoms with Gasteiger partial charge in [0.1, 0.15) is 23.2 Å². The van der Waals surface area contributed by atoms with E-state index in [9.17, 15) is 30.4 Å². The Morgan fingerprint density at radius 3 is 2.41 bits per heavy atom. The van der Waals surface area contributed by atoms with Crippen LogP contribution in [0.15, 0.2) is 42.5 Å². The second-order valence-corrected chi connectivity index (χ2v) is 18.9. The number of aromatic nitrogens is 6. The molecule has 5 heterocycles. The standard InChI is InChI=1S/C40H37F7N10O2S2/c1-38(48)9-12-56(13-10-38)37-51-36-29(60-37)19-26(23-5-4-6-25-32(23)55(2)53-35(25)54-61(3,58)59)31(50-36)28(17-20-15-21(41)18-22(42)16-20)49-11-14-57-34-30(33(52-57)40(45,46)47)24-7-8-27(24)39(34,43)44/h4-6,15-16,18-19,24,27-28,49H,9-14,17,48H2,1-3H3,(H,53,54)/t24-,27+,28?/m0/s1. The zero-order valence-electron chi connectivity index (χ0n) is 32.7. The third-order valence-corrected chi connectivity index (χ3v) is 13.0. The fourth-order valence-electron chi connectivity index (χ4n) is 8.50. The van der Waals surface area contributed by atoms with Crippen molar-refractivity contribution in [3.8, 4) is 23.0 Å². The van der Waals surface area contributed by atoms with Gasteiger partial charge in [-0.15, -0.1) is 0 Å². The van der Waals surface area contributed by atoms with Crippen LogP contribution in [0.1, 0.15) is 59.9 Å². The Morgan fingerprint density at radius 1 is 1.03 bits per heavy atom. The minimum atomic E-state index is -5.02.